The van der Waals surface area contributed by atoms with Gasteiger partial charge in [0.05, 0.1) is 6.10 Å². The first kappa shape index (κ1) is 32.5. The number of carboxylic acids is 1. The van der Waals surface area contributed by atoms with E-state index in [-0.39, 0.29) is 50.5 Å². The van der Waals surface area contributed by atoms with Crippen molar-refractivity contribution in [2.45, 2.75) is 83.1 Å². The summed E-state index contributed by atoms with van der Waals surface area (Å²) >= 11 is 0. The lowest BCUT2D eigenvalue weighted by molar-refractivity contribution is -0.142. The van der Waals surface area contributed by atoms with E-state index in [0.29, 0.717) is 0 Å². The standard InChI is InChI=1S/C21H40N8O7/c1-10(2)9-14(29-19(34)16(23)11(3)30)18(33)27-12(6-7-15(22)31)17(32)28-13(20(35)36)5-4-8-26-21(24)25/h10-14,16,30H,4-9,23H2,1-3H3,(H2,22,31)(H,27,33)(H,28,32)(H,29,34)(H,35,36)(H4,24,25,26). The smallest absolute Gasteiger partial charge is 0.326 e. The summed E-state index contributed by atoms with van der Waals surface area (Å²) in [6.07, 6.45) is -1.22. The normalized spacial score (nSPS) is 15.1. The monoisotopic (exact) mass is 516 g/mol. The number of aliphatic hydroxyl groups is 1. The van der Waals surface area contributed by atoms with Crippen LogP contribution in [0.15, 0.2) is 4.99 Å². The first-order chi connectivity index (χ1) is 16.6. The quantitative estimate of drug-likeness (QED) is 0.0524. The van der Waals surface area contributed by atoms with E-state index < -0.39 is 59.9 Å². The van der Waals surface area contributed by atoms with Gasteiger partial charge in [-0.25, -0.2) is 4.79 Å². The zero-order valence-corrected chi connectivity index (χ0v) is 20.9. The fourth-order valence-electron chi connectivity index (χ4n) is 3.05. The van der Waals surface area contributed by atoms with Gasteiger partial charge < -0.3 is 49.1 Å². The van der Waals surface area contributed by atoms with Gasteiger partial charge in [-0.3, -0.25) is 24.2 Å². The molecule has 4 amide bonds. The molecule has 0 aliphatic carbocycles. The number of aliphatic hydroxyl groups excluding tert-OH is 1. The molecule has 5 atom stereocenters. The van der Waals surface area contributed by atoms with Gasteiger partial charge in [0.2, 0.25) is 23.6 Å². The zero-order valence-electron chi connectivity index (χ0n) is 20.9. The lowest BCUT2D eigenvalue weighted by atomic mass is 10.0. The highest BCUT2D eigenvalue weighted by atomic mass is 16.4. The van der Waals surface area contributed by atoms with E-state index in [2.05, 4.69) is 20.9 Å². The molecule has 15 heteroatoms. The number of nitrogens with zero attached hydrogens (tertiary/aromatic N) is 1. The van der Waals surface area contributed by atoms with Crippen LogP contribution in [0.3, 0.4) is 0 Å². The molecular weight excluding hydrogens is 476 g/mol. The Morgan fingerprint density at radius 2 is 1.36 bits per heavy atom. The minimum atomic E-state index is -1.32. The Morgan fingerprint density at radius 1 is 0.833 bits per heavy atom. The predicted molar refractivity (Wildman–Crippen MR) is 131 cm³/mol. The molecule has 5 unspecified atom stereocenters. The number of carbonyl (C=O) groups is 5. The highest BCUT2D eigenvalue weighted by Crippen LogP contribution is 2.08. The van der Waals surface area contributed by atoms with E-state index in [1.807, 2.05) is 0 Å². The lowest BCUT2D eigenvalue weighted by Crippen LogP contribution is -2.58. The number of nitrogens with one attached hydrogen (secondary N) is 3. The second-order valence-electron chi connectivity index (χ2n) is 8.87. The molecule has 0 spiro atoms. The van der Waals surface area contributed by atoms with Crippen molar-refractivity contribution < 1.29 is 34.2 Å². The summed E-state index contributed by atoms with van der Waals surface area (Å²) < 4.78 is 0. The van der Waals surface area contributed by atoms with Crippen LogP contribution < -0.4 is 38.9 Å². The highest BCUT2D eigenvalue weighted by molar-refractivity contribution is 5.94. The van der Waals surface area contributed by atoms with Crippen LogP contribution in [0.4, 0.5) is 0 Å². The molecule has 0 aromatic carbocycles. The molecular formula is C21H40N8O7. The third-order valence-corrected chi connectivity index (χ3v) is 5.03. The number of aliphatic imine (C=N–C) groups is 1. The van der Waals surface area contributed by atoms with Gasteiger partial charge in [0.15, 0.2) is 5.96 Å². The second-order valence-corrected chi connectivity index (χ2v) is 8.87. The first-order valence-corrected chi connectivity index (χ1v) is 11.6. The average Bonchev–Trinajstić information content (AvgIpc) is 2.76. The summed E-state index contributed by atoms with van der Waals surface area (Å²) in [5, 5.41) is 26.2. The van der Waals surface area contributed by atoms with Crippen molar-refractivity contribution in [3.8, 4) is 0 Å². The van der Waals surface area contributed by atoms with Crippen molar-refractivity contribution in [3.63, 3.8) is 0 Å². The fraction of sp³-hybridized carbons (Fsp3) is 0.714. The number of amides is 4. The van der Waals surface area contributed by atoms with Crippen LogP contribution in [0.1, 0.15) is 52.9 Å². The second kappa shape index (κ2) is 16.3. The Morgan fingerprint density at radius 3 is 1.83 bits per heavy atom. The molecule has 0 heterocycles. The fourth-order valence-corrected chi connectivity index (χ4v) is 3.05. The summed E-state index contributed by atoms with van der Waals surface area (Å²) in [5.41, 5.74) is 21.3. The Hall–Kier alpha value is -3.46. The van der Waals surface area contributed by atoms with E-state index in [1.165, 1.54) is 6.92 Å². The number of rotatable bonds is 17. The van der Waals surface area contributed by atoms with E-state index in [1.54, 1.807) is 13.8 Å². The molecule has 0 aliphatic heterocycles. The highest BCUT2D eigenvalue weighted by Gasteiger charge is 2.31. The molecule has 0 aromatic heterocycles. The number of nitrogens with two attached hydrogens (primary N) is 4. The van der Waals surface area contributed by atoms with Crippen molar-refractivity contribution in [2.75, 3.05) is 6.54 Å². The molecule has 0 saturated heterocycles. The molecule has 0 radical (unpaired) electrons. The minimum absolute atomic E-state index is 0.00238. The largest absolute Gasteiger partial charge is 0.480 e. The van der Waals surface area contributed by atoms with E-state index in [4.69, 9.17) is 22.9 Å². The van der Waals surface area contributed by atoms with Gasteiger partial charge >= 0.3 is 5.97 Å². The van der Waals surface area contributed by atoms with Gasteiger partial charge in [0, 0.05) is 13.0 Å². The number of carboxylic acid groups (broad SMARTS) is 1. The minimum Gasteiger partial charge on any atom is -0.480 e. The van der Waals surface area contributed by atoms with Crippen molar-refractivity contribution in [1.82, 2.24) is 16.0 Å². The van der Waals surface area contributed by atoms with Crippen LogP contribution in [0.25, 0.3) is 0 Å². The number of aliphatic carboxylic acids is 1. The van der Waals surface area contributed by atoms with Crippen molar-refractivity contribution in [3.05, 3.63) is 0 Å². The number of hydrogen-bond donors (Lipinski definition) is 9. The van der Waals surface area contributed by atoms with Gasteiger partial charge in [0.1, 0.15) is 24.2 Å². The van der Waals surface area contributed by atoms with E-state index in [0.717, 1.165) is 0 Å². The summed E-state index contributed by atoms with van der Waals surface area (Å²) in [5.74, 6) is -4.63. The number of hydrogen-bond acceptors (Lipinski definition) is 8. The molecule has 0 fully saturated rings. The third-order valence-electron chi connectivity index (χ3n) is 5.03. The van der Waals surface area contributed by atoms with Crippen molar-refractivity contribution >= 4 is 35.6 Å². The Labute approximate surface area is 209 Å². The van der Waals surface area contributed by atoms with Crippen LogP contribution >= 0.6 is 0 Å². The molecule has 0 bridgehead atoms. The van der Waals surface area contributed by atoms with Gasteiger partial charge in [0.25, 0.3) is 0 Å². The van der Waals surface area contributed by atoms with Gasteiger partial charge in [-0.1, -0.05) is 13.8 Å². The molecule has 13 N–H and O–H groups in total. The van der Waals surface area contributed by atoms with Gasteiger partial charge in [-0.2, -0.15) is 0 Å². The van der Waals surface area contributed by atoms with Crippen LogP contribution in [0.2, 0.25) is 0 Å². The molecule has 0 aromatic rings. The SMILES string of the molecule is CC(C)CC(NC(=O)C(N)C(C)O)C(=O)NC(CCC(N)=O)C(=O)NC(CCCN=C(N)N)C(=O)O. The van der Waals surface area contributed by atoms with Crippen LogP contribution in [-0.4, -0.2) is 82.6 Å². The Bertz CT molecular complexity index is 799. The van der Waals surface area contributed by atoms with E-state index >= 15 is 0 Å². The van der Waals surface area contributed by atoms with Gasteiger partial charge in [-0.05, 0) is 38.5 Å². The zero-order chi connectivity index (χ0) is 28.0. The molecule has 206 valence electrons. The molecule has 36 heavy (non-hydrogen) atoms. The summed E-state index contributed by atoms with van der Waals surface area (Å²) in [7, 11) is 0. The molecule has 0 rings (SSSR count). The lowest BCUT2D eigenvalue weighted by Gasteiger charge is -2.26. The predicted octanol–water partition coefficient (Wildman–Crippen LogP) is -3.40. The maximum Gasteiger partial charge on any atom is 0.326 e. The summed E-state index contributed by atoms with van der Waals surface area (Å²) in [6, 6.07) is -5.02. The maximum absolute atomic E-state index is 13.0. The maximum atomic E-state index is 13.0. The summed E-state index contributed by atoms with van der Waals surface area (Å²) in [4.78, 5) is 64.8. The topological polar surface area (TPSA) is 278 Å². The average molecular weight is 517 g/mol. The Balaban J connectivity index is 5.55. The third kappa shape index (κ3) is 13.4. The number of guanidine groups is 1. The number of primary amides is 1. The number of carbonyl (C=O) groups excluding carboxylic acids is 4. The molecule has 15 nitrogen and oxygen atoms in total. The van der Waals surface area contributed by atoms with Crippen molar-refractivity contribution in [2.24, 2.45) is 33.8 Å². The van der Waals surface area contributed by atoms with Gasteiger partial charge in [-0.15, -0.1) is 0 Å². The van der Waals surface area contributed by atoms with Crippen LogP contribution in [0, 0.1) is 5.92 Å². The van der Waals surface area contributed by atoms with E-state index in [9.17, 15) is 34.2 Å². The van der Waals surface area contributed by atoms with Crippen LogP contribution in [0.5, 0.6) is 0 Å². The Kier molecular flexibility index (Phi) is 14.7. The molecule has 0 aliphatic rings. The first-order valence-electron chi connectivity index (χ1n) is 11.6. The summed E-state index contributed by atoms with van der Waals surface area (Å²) in [6.45, 7) is 5.08. The molecule has 0 saturated carbocycles. The van der Waals surface area contributed by atoms with Crippen LogP contribution in [-0.2, 0) is 24.0 Å². The van der Waals surface area contributed by atoms with Crippen molar-refractivity contribution in [1.29, 1.82) is 0 Å².